The molecular formula is C22H28N6O5S. The zero-order valence-corrected chi connectivity index (χ0v) is 20.7. The van der Waals surface area contributed by atoms with E-state index in [1.165, 1.54) is 13.0 Å². The van der Waals surface area contributed by atoms with Gasteiger partial charge in [-0.25, -0.2) is 18.4 Å². The minimum absolute atomic E-state index is 0.149. The molecule has 0 aliphatic heterocycles. The topological polar surface area (TPSA) is 137 Å². The second-order valence-electron chi connectivity index (χ2n) is 7.87. The van der Waals surface area contributed by atoms with Gasteiger partial charge in [0.2, 0.25) is 5.91 Å². The molecule has 34 heavy (non-hydrogen) atoms. The third kappa shape index (κ3) is 6.29. The molecule has 0 unspecified atom stereocenters. The van der Waals surface area contributed by atoms with Gasteiger partial charge in [0.05, 0.1) is 17.5 Å². The van der Waals surface area contributed by atoms with Gasteiger partial charge in [0, 0.05) is 63.0 Å². The van der Waals surface area contributed by atoms with Crippen molar-refractivity contribution in [2.24, 2.45) is 7.05 Å². The maximum absolute atomic E-state index is 12.2. The SMILES string of the molecule is CO[C@H](C)COc1cc(Nc2cc(NC(C)=O)ncc2-c2cc(C)n(C)n2)nc(S(C)(=O)=O)c1. The molecule has 1 amide bonds. The summed E-state index contributed by atoms with van der Waals surface area (Å²) in [5.74, 6) is 0.584. The quantitative estimate of drug-likeness (QED) is 0.465. The molecule has 0 spiro atoms. The van der Waals surface area contributed by atoms with E-state index in [2.05, 4.69) is 25.7 Å². The predicted octanol–water partition coefficient (Wildman–Crippen LogP) is 2.70. The van der Waals surface area contributed by atoms with E-state index >= 15 is 0 Å². The number of nitrogens with zero attached hydrogens (tertiary/aromatic N) is 4. The molecule has 0 aliphatic carbocycles. The maximum Gasteiger partial charge on any atom is 0.222 e. The molecule has 0 fully saturated rings. The Morgan fingerprint density at radius 1 is 1.21 bits per heavy atom. The third-order valence-electron chi connectivity index (χ3n) is 4.90. The number of methoxy groups -OCH3 is 1. The van der Waals surface area contributed by atoms with Gasteiger partial charge < -0.3 is 20.1 Å². The molecule has 3 rings (SSSR count). The molecule has 11 nitrogen and oxygen atoms in total. The minimum atomic E-state index is -3.62. The van der Waals surface area contributed by atoms with Gasteiger partial charge in [-0.2, -0.15) is 5.10 Å². The van der Waals surface area contributed by atoms with Gasteiger partial charge in [-0.3, -0.25) is 9.48 Å². The number of amides is 1. The Morgan fingerprint density at radius 3 is 2.53 bits per heavy atom. The lowest BCUT2D eigenvalue weighted by atomic mass is 10.1. The van der Waals surface area contributed by atoms with E-state index in [1.807, 2.05) is 27.0 Å². The van der Waals surface area contributed by atoms with Crippen LogP contribution in [0.5, 0.6) is 5.75 Å². The van der Waals surface area contributed by atoms with Crippen LogP contribution in [0.1, 0.15) is 19.5 Å². The molecule has 1 atom stereocenters. The largest absolute Gasteiger partial charge is 0.491 e. The Morgan fingerprint density at radius 2 is 1.94 bits per heavy atom. The highest BCUT2D eigenvalue weighted by molar-refractivity contribution is 7.90. The smallest absolute Gasteiger partial charge is 0.222 e. The zero-order chi connectivity index (χ0) is 25.0. The lowest BCUT2D eigenvalue weighted by Crippen LogP contribution is -2.16. The number of sulfone groups is 1. The van der Waals surface area contributed by atoms with Crippen molar-refractivity contribution in [2.75, 3.05) is 30.6 Å². The van der Waals surface area contributed by atoms with E-state index in [0.29, 0.717) is 28.5 Å². The van der Waals surface area contributed by atoms with Gasteiger partial charge >= 0.3 is 0 Å². The monoisotopic (exact) mass is 488 g/mol. The van der Waals surface area contributed by atoms with E-state index < -0.39 is 9.84 Å². The van der Waals surface area contributed by atoms with Crippen LogP contribution < -0.4 is 15.4 Å². The fourth-order valence-electron chi connectivity index (χ4n) is 2.94. The van der Waals surface area contributed by atoms with Crippen LogP contribution in [0.25, 0.3) is 11.3 Å². The maximum atomic E-state index is 12.2. The number of pyridine rings is 2. The van der Waals surface area contributed by atoms with E-state index in [-0.39, 0.29) is 29.5 Å². The average molecular weight is 489 g/mol. The van der Waals surface area contributed by atoms with Gasteiger partial charge in [0.15, 0.2) is 14.9 Å². The Labute approximate surface area is 198 Å². The van der Waals surface area contributed by atoms with Crippen LogP contribution in [0.15, 0.2) is 35.5 Å². The number of carbonyl (C=O) groups excluding carboxylic acids is 1. The molecule has 0 saturated carbocycles. The number of aryl methyl sites for hydroxylation is 2. The van der Waals surface area contributed by atoms with Crippen LogP contribution >= 0.6 is 0 Å². The molecule has 3 heterocycles. The minimum Gasteiger partial charge on any atom is -0.491 e. The third-order valence-corrected chi connectivity index (χ3v) is 5.87. The summed E-state index contributed by atoms with van der Waals surface area (Å²) in [7, 11) is -0.232. The summed E-state index contributed by atoms with van der Waals surface area (Å²) in [6.07, 6.45) is 2.46. The molecule has 182 valence electrons. The fraction of sp³-hybridized carbons (Fsp3) is 0.364. The van der Waals surface area contributed by atoms with Gasteiger partial charge in [-0.15, -0.1) is 0 Å². The summed E-state index contributed by atoms with van der Waals surface area (Å²) < 4.78 is 37.1. The van der Waals surface area contributed by atoms with Crippen molar-refractivity contribution in [3.63, 3.8) is 0 Å². The van der Waals surface area contributed by atoms with Crippen LogP contribution in [0.2, 0.25) is 0 Å². The second kappa shape index (κ2) is 10.2. The molecule has 3 aromatic rings. The summed E-state index contributed by atoms with van der Waals surface area (Å²) in [5.41, 5.74) is 2.74. The first-order valence-electron chi connectivity index (χ1n) is 10.4. The molecule has 0 bridgehead atoms. The van der Waals surface area contributed by atoms with Gasteiger partial charge in [0.1, 0.15) is 24.0 Å². The van der Waals surface area contributed by atoms with Crippen molar-refractivity contribution in [1.29, 1.82) is 0 Å². The Balaban J connectivity index is 2.07. The molecule has 0 radical (unpaired) electrons. The summed E-state index contributed by atoms with van der Waals surface area (Å²) >= 11 is 0. The van der Waals surface area contributed by atoms with Gasteiger partial charge in [0.25, 0.3) is 0 Å². The van der Waals surface area contributed by atoms with E-state index in [0.717, 1.165) is 11.9 Å². The second-order valence-corrected chi connectivity index (χ2v) is 9.83. The van der Waals surface area contributed by atoms with Crippen molar-refractivity contribution in [3.8, 4) is 17.0 Å². The number of rotatable bonds is 9. The highest BCUT2D eigenvalue weighted by Crippen LogP contribution is 2.32. The predicted molar refractivity (Wildman–Crippen MR) is 128 cm³/mol. The standard InChI is InChI=1S/C22H28N6O5S/c1-13-7-19(27-28(13)4)17-11-23-20(24-15(3)29)10-18(17)25-21-8-16(33-12-14(2)32-5)9-22(26-21)34(6,30)31/h7-11,14H,12H2,1-6H3,(H2,23,24,25,26,29)/t14-/m1/s1. The summed E-state index contributed by atoms with van der Waals surface area (Å²) in [4.78, 5) is 20.1. The molecule has 2 N–H and O–H groups in total. The number of aromatic nitrogens is 4. The Bertz CT molecular complexity index is 1290. The van der Waals surface area contributed by atoms with Crippen LogP contribution in [-0.2, 0) is 26.4 Å². The lowest BCUT2D eigenvalue weighted by molar-refractivity contribution is -0.114. The molecule has 3 aromatic heterocycles. The van der Waals surface area contributed by atoms with Crippen molar-refractivity contribution >= 4 is 33.1 Å². The number of carbonyl (C=O) groups is 1. The number of hydrogen-bond acceptors (Lipinski definition) is 9. The fourth-order valence-corrected chi connectivity index (χ4v) is 3.54. The van der Waals surface area contributed by atoms with Crippen LogP contribution in [0, 0.1) is 6.92 Å². The van der Waals surface area contributed by atoms with Crippen molar-refractivity contribution in [3.05, 3.63) is 36.2 Å². The number of anilines is 3. The van der Waals surface area contributed by atoms with Gasteiger partial charge in [-0.1, -0.05) is 0 Å². The summed E-state index contributed by atoms with van der Waals surface area (Å²) in [6.45, 7) is 5.36. The number of nitrogens with one attached hydrogen (secondary N) is 2. The lowest BCUT2D eigenvalue weighted by Gasteiger charge is -2.15. The number of hydrogen-bond donors (Lipinski definition) is 2. The average Bonchev–Trinajstić information content (AvgIpc) is 3.09. The molecule has 0 saturated heterocycles. The zero-order valence-electron chi connectivity index (χ0n) is 19.9. The molecule has 0 aliphatic rings. The van der Waals surface area contributed by atoms with Crippen LogP contribution in [0.3, 0.4) is 0 Å². The van der Waals surface area contributed by atoms with Gasteiger partial charge in [-0.05, 0) is 19.9 Å². The highest BCUT2D eigenvalue weighted by Gasteiger charge is 2.17. The highest BCUT2D eigenvalue weighted by atomic mass is 32.2. The molecule has 0 aromatic carbocycles. The summed E-state index contributed by atoms with van der Waals surface area (Å²) in [5, 5.41) is 10.1. The van der Waals surface area contributed by atoms with Crippen LogP contribution in [0.4, 0.5) is 17.3 Å². The van der Waals surface area contributed by atoms with Crippen molar-refractivity contribution in [1.82, 2.24) is 19.7 Å². The normalized spacial score (nSPS) is 12.3. The van der Waals surface area contributed by atoms with E-state index in [1.54, 1.807) is 30.1 Å². The first-order chi connectivity index (χ1) is 16.0. The Hall–Kier alpha value is -3.51. The summed E-state index contributed by atoms with van der Waals surface area (Å²) in [6, 6.07) is 6.47. The first-order valence-corrected chi connectivity index (χ1v) is 12.3. The van der Waals surface area contributed by atoms with Crippen molar-refractivity contribution in [2.45, 2.75) is 31.9 Å². The number of ether oxygens (including phenoxy) is 2. The first kappa shape index (κ1) is 25.1. The van der Waals surface area contributed by atoms with Crippen molar-refractivity contribution < 1.29 is 22.7 Å². The molecular weight excluding hydrogens is 460 g/mol. The Kier molecular flexibility index (Phi) is 7.52. The van der Waals surface area contributed by atoms with E-state index in [4.69, 9.17) is 9.47 Å². The molecule has 12 heteroatoms. The van der Waals surface area contributed by atoms with Crippen LogP contribution in [-0.4, -0.2) is 60.1 Å². The van der Waals surface area contributed by atoms with E-state index in [9.17, 15) is 13.2 Å².